The first kappa shape index (κ1) is 12.3. The molecule has 0 heterocycles. The normalized spacial score (nSPS) is 10.5. The van der Waals surface area contributed by atoms with E-state index in [4.69, 9.17) is 22.1 Å². The largest absolute Gasteiger partial charge is 0.399 e. The van der Waals surface area contributed by atoms with E-state index in [1.54, 1.807) is 6.07 Å². The minimum Gasteiger partial charge on any atom is -0.399 e. The third kappa shape index (κ3) is 4.51. The molecule has 15 heavy (non-hydrogen) atoms. The van der Waals surface area contributed by atoms with Crippen LogP contribution in [0.4, 0.5) is 5.69 Å². The van der Waals surface area contributed by atoms with Gasteiger partial charge >= 0.3 is 0 Å². The molecule has 0 aliphatic heterocycles. The minimum absolute atomic E-state index is 0.686. The number of nitrogen functional groups attached to an aromatic ring is 1. The molecule has 0 fully saturated rings. The van der Waals surface area contributed by atoms with Gasteiger partial charge in [-0.3, -0.25) is 0 Å². The van der Waals surface area contributed by atoms with Crippen LogP contribution in [0.15, 0.2) is 18.2 Å². The van der Waals surface area contributed by atoms with Gasteiger partial charge in [-0.25, -0.2) is 0 Å². The van der Waals surface area contributed by atoms with Crippen LogP contribution in [0, 0.1) is 0 Å². The van der Waals surface area contributed by atoms with E-state index >= 15 is 0 Å². The average molecular weight is 229 g/mol. The lowest BCUT2D eigenvalue weighted by Gasteiger charge is -2.06. The van der Waals surface area contributed by atoms with Gasteiger partial charge in [-0.05, 0) is 31.2 Å². The van der Waals surface area contributed by atoms with E-state index in [0.717, 1.165) is 25.1 Å². The molecule has 0 spiro atoms. The highest BCUT2D eigenvalue weighted by atomic mass is 35.5. The fourth-order valence-corrected chi connectivity index (χ4v) is 1.51. The molecule has 0 amide bonds. The Morgan fingerprint density at radius 1 is 1.40 bits per heavy atom. The molecule has 0 saturated carbocycles. The predicted molar refractivity (Wildman–Crippen MR) is 64.3 cm³/mol. The maximum atomic E-state index is 6.02. The van der Waals surface area contributed by atoms with E-state index in [0.29, 0.717) is 17.3 Å². The second kappa shape index (κ2) is 6.67. The molecular weight excluding hydrogens is 212 g/mol. The third-order valence-corrected chi connectivity index (χ3v) is 2.44. The highest BCUT2D eigenvalue weighted by molar-refractivity contribution is 6.31. The van der Waals surface area contributed by atoms with E-state index in [-0.39, 0.29) is 0 Å². The summed E-state index contributed by atoms with van der Waals surface area (Å²) in [4.78, 5) is 0. The lowest BCUT2D eigenvalue weighted by molar-refractivity contribution is 0.140. The fourth-order valence-electron chi connectivity index (χ4n) is 1.22. The van der Waals surface area contributed by atoms with Crippen LogP contribution >= 0.6 is 11.6 Å². The Morgan fingerprint density at radius 3 is 2.87 bits per heavy atom. The molecule has 0 bridgehead atoms. The van der Waals surface area contributed by atoms with E-state index in [1.807, 2.05) is 19.2 Å². The van der Waals surface area contributed by atoms with Crippen molar-refractivity contribution in [2.24, 2.45) is 0 Å². The quantitative estimate of drug-likeness (QED) is 0.576. The monoisotopic (exact) mass is 228 g/mol. The lowest BCUT2D eigenvalue weighted by Crippen LogP contribution is -2.15. The number of anilines is 1. The van der Waals surface area contributed by atoms with E-state index in [1.165, 1.54) is 0 Å². The Hall–Kier alpha value is -0.770. The Morgan fingerprint density at radius 2 is 2.20 bits per heavy atom. The molecule has 4 heteroatoms. The van der Waals surface area contributed by atoms with Gasteiger partial charge in [0.15, 0.2) is 0 Å². The number of hydrogen-bond acceptors (Lipinski definition) is 3. The van der Waals surface area contributed by atoms with Crippen molar-refractivity contribution in [3.8, 4) is 0 Å². The number of halogens is 1. The molecule has 0 saturated heterocycles. The maximum Gasteiger partial charge on any atom is 0.0590 e. The van der Waals surface area contributed by atoms with Crippen molar-refractivity contribution in [1.82, 2.24) is 5.32 Å². The summed E-state index contributed by atoms with van der Waals surface area (Å²) in [5, 5.41) is 3.73. The molecule has 0 radical (unpaired) electrons. The summed E-state index contributed by atoms with van der Waals surface area (Å²) in [6, 6.07) is 5.57. The molecule has 84 valence electrons. The number of ether oxygens (including phenoxy) is 1. The summed E-state index contributed by atoms with van der Waals surface area (Å²) in [6.07, 6.45) is 0.822. The second-order valence-corrected chi connectivity index (χ2v) is 3.72. The van der Waals surface area contributed by atoms with Gasteiger partial charge in [0, 0.05) is 17.3 Å². The van der Waals surface area contributed by atoms with Crippen LogP contribution in [0.25, 0.3) is 0 Å². The average Bonchev–Trinajstić information content (AvgIpc) is 2.20. The van der Waals surface area contributed by atoms with Crippen LogP contribution in [-0.4, -0.2) is 26.8 Å². The first-order valence-electron chi connectivity index (χ1n) is 5.00. The maximum absolute atomic E-state index is 6.02. The number of rotatable bonds is 6. The zero-order valence-corrected chi connectivity index (χ0v) is 9.68. The van der Waals surface area contributed by atoms with Crippen LogP contribution < -0.4 is 11.1 Å². The van der Waals surface area contributed by atoms with Crippen LogP contribution in [0.2, 0.25) is 5.02 Å². The zero-order valence-electron chi connectivity index (χ0n) is 8.92. The van der Waals surface area contributed by atoms with Gasteiger partial charge in [0.2, 0.25) is 0 Å². The van der Waals surface area contributed by atoms with Gasteiger partial charge in [0.25, 0.3) is 0 Å². The van der Waals surface area contributed by atoms with Crippen LogP contribution in [-0.2, 0) is 11.2 Å². The molecule has 0 atom stereocenters. The molecule has 1 aromatic carbocycles. The molecule has 0 unspecified atom stereocenters. The van der Waals surface area contributed by atoms with E-state index < -0.39 is 0 Å². The van der Waals surface area contributed by atoms with Crippen molar-refractivity contribution >= 4 is 17.3 Å². The summed E-state index contributed by atoms with van der Waals surface area (Å²) in [5.74, 6) is 0. The van der Waals surface area contributed by atoms with Crippen molar-refractivity contribution in [2.45, 2.75) is 6.42 Å². The number of likely N-dealkylation sites (N-methyl/N-ethyl adjacent to an activating group) is 1. The Labute approximate surface area is 95.6 Å². The molecule has 3 nitrogen and oxygen atoms in total. The molecular formula is C11H17ClN2O. The van der Waals surface area contributed by atoms with Crippen LogP contribution in [0.5, 0.6) is 0 Å². The SMILES string of the molecule is CNCCOCCc1ccc(N)cc1Cl. The number of benzene rings is 1. The third-order valence-electron chi connectivity index (χ3n) is 2.09. The van der Waals surface area contributed by atoms with Gasteiger partial charge in [0.05, 0.1) is 13.2 Å². The summed E-state index contributed by atoms with van der Waals surface area (Å²) in [7, 11) is 1.90. The number of nitrogens with two attached hydrogens (primary N) is 1. The highest BCUT2D eigenvalue weighted by Gasteiger charge is 2.00. The fraction of sp³-hybridized carbons (Fsp3) is 0.455. The summed E-state index contributed by atoms with van der Waals surface area (Å²) in [5.41, 5.74) is 7.37. The summed E-state index contributed by atoms with van der Waals surface area (Å²) < 4.78 is 5.41. The summed E-state index contributed by atoms with van der Waals surface area (Å²) >= 11 is 6.02. The zero-order chi connectivity index (χ0) is 11.1. The molecule has 0 aliphatic carbocycles. The topological polar surface area (TPSA) is 47.3 Å². The van der Waals surface area contributed by atoms with Gasteiger partial charge < -0.3 is 15.8 Å². The number of nitrogens with one attached hydrogen (secondary N) is 1. The van der Waals surface area contributed by atoms with Gasteiger partial charge in [0.1, 0.15) is 0 Å². The van der Waals surface area contributed by atoms with Gasteiger partial charge in [-0.2, -0.15) is 0 Å². The second-order valence-electron chi connectivity index (χ2n) is 3.32. The smallest absolute Gasteiger partial charge is 0.0590 e. The minimum atomic E-state index is 0.686. The molecule has 0 aromatic heterocycles. The molecule has 3 N–H and O–H groups in total. The van der Waals surface area contributed by atoms with E-state index in [2.05, 4.69) is 5.32 Å². The van der Waals surface area contributed by atoms with Crippen LogP contribution in [0.1, 0.15) is 5.56 Å². The predicted octanol–water partition coefficient (Wildman–Crippen LogP) is 1.70. The highest BCUT2D eigenvalue weighted by Crippen LogP contribution is 2.19. The number of hydrogen-bond donors (Lipinski definition) is 2. The van der Waals surface area contributed by atoms with Crippen molar-refractivity contribution < 1.29 is 4.74 Å². The van der Waals surface area contributed by atoms with Crippen molar-refractivity contribution in [2.75, 3.05) is 32.5 Å². The van der Waals surface area contributed by atoms with Crippen molar-refractivity contribution in [1.29, 1.82) is 0 Å². The Bertz CT molecular complexity index is 305. The molecule has 0 aliphatic rings. The standard InChI is InChI=1S/C11H17ClN2O/c1-14-5-7-15-6-4-9-2-3-10(13)8-11(9)12/h2-3,8,14H,4-7,13H2,1H3. The Kier molecular flexibility index (Phi) is 5.47. The Balaban J connectivity index is 2.31. The lowest BCUT2D eigenvalue weighted by atomic mass is 10.1. The van der Waals surface area contributed by atoms with Crippen molar-refractivity contribution in [3.05, 3.63) is 28.8 Å². The van der Waals surface area contributed by atoms with Gasteiger partial charge in [-0.15, -0.1) is 0 Å². The first-order chi connectivity index (χ1) is 7.24. The van der Waals surface area contributed by atoms with E-state index in [9.17, 15) is 0 Å². The van der Waals surface area contributed by atoms with Crippen molar-refractivity contribution in [3.63, 3.8) is 0 Å². The first-order valence-corrected chi connectivity index (χ1v) is 5.38. The van der Waals surface area contributed by atoms with Crippen LogP contribution in [0.3, 0.4) is 0 Å². The van der Waals surface area contributed by atoms with Gasteiger partial charge in [-0.1, -0.05) is 17.7 Å². The molecule has 1 aromatic rings. The molecule has 1 rings (SSSR count). The summed E-state index contributed by atoms with van der Waals surface area (Å²) in [6.45, 7) is 2.28.